The molecule has 9 nitrogen and oxygen atoms in total. The largest absolute Gasteiger partial charge is 0.374 e. The molecule has 39 heavy (non-hydrogen) atoms. The van der Waals surface area contributed by atoms with E-state index in [4.69, 9.17) is 4.98 Å². The van der Waals surface area contributed by atoms with E-state index in [2.05, 4.69) is 41.5 Å². The first-order chi connectivity index (χ1) is 19.2. The smallest absolute Gasteiger partial charge is 0.181 e. The number of rotatable bonds is 6. The molecule has 1 aromatic carbocycles. The summed E-state index contributed by atoms with van der Waals surface area (Å²) < 4.78 is 0. The van der Waals surface area contributed by atoms with Gasteiger partial charge in [-0.3, -0.25) is 15.1 Å². The lowest BCUT2D eigenvalue weighted by atomic mass is 9.88. The van der Waals surface area contributed by atoms with Crippen LogP contribution in [0.5, 0.6) is 0 Å². The summed E-state index contributed by atoms with van der Waals surface area (Å²) in [4.78, 5) is 21.7. The normalized spacial score (nSPS) is 15.1. The van der Waals surface area contributed by atoms with Crippen molar-refractivity contribution in [3.63, 3.8) is 0 Å². The number of aliphatic hydroxyl groups excluding tert-OH is 1. The van der Waals surface area contributed by atoms with Gasteiger partial charge in [0.1, 0.15) is 11.9 Å². The number of aliphatic hydroxyl groups is 1. The maximum absolute atomic E-state index is 10.7. The molecule has 1 atom stereocenters. The first-order valence-corrected chi connectivity index (χ1v) is 13.4. The number of para-hydroxylation sites is 1. The number of nitrogens with zero attached hydrogens (tertiary/aromatic N) is 5. The fourth-order valence-electron chi connectivity index (χ4n) is 5.56. The Balaban J connectivity index is 1.22. The SMILES string of the molecule is OC(Nc1cncc(-c2cnc3n[nH]c(-c4nc5c(-c6cccnc6)cccc5[nH]4)c3c2)c1)C1CCCCC1. The molecule has 0 bridgehead atoms. The van der Waals surface area contributed by atoms with Gasteiger partial charge in [0.2, 0.25) is 0 Å². The number of anilines is 1. The average molecular weight is 517 g/mol. The molecule has 1 fully saturated rings. The summed E-state index contributed by atoms with van der Waals surface area (Å²) >= 11 is 0. The maximum atomic E-state index is 10.7. The van der Waals surface area contributed by atoms with Crippen LogP contribution in [-0.2, 0) is 0 Å². The molecule has 4 N–H and O–H groups in total. The average Bonchev–Trinajstić information content (AvgIpc) is 3.62. The number of aromatic nitrogens is 7. The van der Waals surface area contributed by atoms with E-state index in [1.807, 2.05) is 48.8 Å². The van der Waals surface area contributed by atoms with Crippen LogP contribution in [0.15, 0.2) is 73.4 Å². The molecule has 5 heterocycles. The number of nitrogens with one attached hydrogen (secondary N) is 3. The summed E-state index contributed by atoms with van der Waals surface area (Å²) in [5.41, 5.74) is 7.79. The minimum absolute atomic E-state index is 0.274. The molecule has 9 heteroatoms. The molecule has 1 saturated carbocycles. The van der Waals surface area contributed by atoms with Crippen LogP contribution in [0.3, 0.4) is 0 Å². The third kappa shape index (κ3) is 4.51. The minimum atomic E-state index is -0.576. The van der Waals surface area contributed by atoms with Crippen molar-refractivity contribution in [1.29, 1.82) is 0 Å². The predicted octanol–water partition coefficient (Wildman–Crippen LogP) is 5.94. The van der Waals surface area contributed by atoms with Crippen LogP contribution < -0.4 is 5.32 Å². The van der Waals surface area contributed by atoms with E-state index < -0.39 is 6.23 Å². The molecule has 194 valence electrons. The molecule has 0 radical (unpaired) electrons. The second kappa shape index (κ2) is 9.92. The number of H-pyrrole nitrogens is 2. The van der Waals surface area contributed by atoms with Crippen molar-refractivity contribution < 1.29 is 5.11 Å². The molecule has 5 aromatic heterocycles. The lowest BCUT2D eigenvalue weighted by Crippen LogP contribution is -2.30. The number of benzene rings is 1. The predicted molar refractivity (Wildman–Crippen MR) is 152 cm³/mol. The van der Waals surface area contributed by atoms with E-state index in [1.54, 1.807) is 18.6 Å². The number of imidazole rings is 1. The Hall–Kier alpha value is -4.63. The molecule has 0 spiro atoms. The Bertz CT molecular complexity index is 1750. The lowest BCUT2D eigenvalue weighted by molar-refractivity contribution is 0.109. The van der Waals surface area contributed by atoms with Crippen LogP contribution in [-0.4, -0.2) is 46.5 Å². The first kappa shape index (κ1) is 23.5. The number of fused-ring (bicyclic) bond motifs is 2. The van der Waals surface area contributed by atoms with Crippen molar-refractivity contribution in [2.75, 3.05) is 5.32 Å². The van der Waals surface area contributed by atoms with E-state index in [9.17, 15) is 5.11 Å². The second-order valence-corrected chi connectivity index (χ2v) is 10.2. The van der Waals surface area contributed by atoms with Crippen LogP contribution in [0, 0.1) is 5.92 Å². The van der Waals surface area contributed by atoms with Gasteiger partial charge in [0.15, 0.2) is 11.5 Å². The number of hydrogen-bond donors (Lipinski definition) is 4. The zero-order chi connectivity index (χ0) is 26.2. The molecule has 1 aliphatic carbocycles. The van der Waals surface area contributed by atoms with Crippen molar-refractivity contribution in [2.45, 2.75) is 38.3 Å². The van der Waals surface area contributed by atoms with Gasteiger partial charge in [0.05, 0.1) is 28.3 Å². The molecule has 7 rings (SSSR count). The summed E-state index contributed by atoms with van der Waals surface area (Å²) in [6, 6.07) is 14.1. The fourth-order valence-corrected chi connectivity index (χ4v) is 5.56. The molecule has 1 aliphatic rings. The van der Waals surface area contributed by atoms with Gasteiger partial charge in [-0.2, -0.15) is 5.10 Å². The highest BCUT2D eigenvalue weighted by Crippen LogP contribution is 2.33. The van der Waals surface area contributed by atoms with Crippen LogP contribution >= 0.6 is 0 Å². The summed E-state index contributed by atoms with van der Waals surface area (Å²) in [7, 11) is 0. The zero-order valence-corrected chi connectivity index (χ0v) is 21.3. The molecule has 1 unspecified atom stereocenters. The van der Waals surface area contributed by atoms with Crippen LogP contribution in [0.25, 0.3) is 55.8 Å². The highest BCUT2D eigenvalue weighted by atomic mass is 16.3. The van der Waals surface area contributed by atoms with Gasteiger partial charge in [-0.1, -0.05) is 37.5 Å². The third-order valence-corrected chi connectivity index (χ3v) is 7.61. The minimum Gasteiger partial charge on any atom is -0.374 e. The van der Waals surface area contributed by atoms with Crippen LogP contribution in [0.2, 0.25) is 0 Å². The van der Waals surface area contributed by atoms with Crippen molar-refractivity contribution >= 4 is 27.8 Å². The highest BCUT2D eigenvalue weighted by Gasteiger charge is 2.22. The van der Waals surface area contributed by atoms with Gasteiger partial charge in [-0.05, 0) is 37.1 Å². The van der Waals surface area contributed by atoms with Gasteiger partial charge in [0.25, 0.3) is 0 Å². The van der Waals surface area contributed by atoms with Crippen molar-refractivity contribution in [2.24, 2.45) is 5.92 Å². The molecule has 0 amide bonds. The second-order valence-electron chi connectivity index (χ2n) is 10.2. The summed E-state index contributed by atoms with van der Waals surface area (Å²) in [5.74, 6) is 0.961. The lowest BCUT2D eigenvalue weighted by Gasteiger charge is -2.27. The van der Waals surface area contributed by atoms with Crippen molar-refractivity contribution in [1.82, 2.24) is 35.1 Å². The van der Waals surface area contributed by atoms with E-state index >= 15 is 0 Å². The monoisotopic (exact) mass is 516 g/mol. The van der Waals surface area contributed by atoms with Gasteiger partial charge in [-0.15, -0.1) is 0 Å². The van der Waals surface area contributed by atoms with Crippen molar-refractivity contribution in [3.8, 4) is 33.8 Å². The number of hydrogen-bond acceptors (Lipinski definition) is 7. The number of aromatic amines is 2. The van der Waals surface area contributed by atoms with Gasteiger partial charge < -0.3 is 15.4 Å². The Morgan fingerprint density at radius 1 is 0.897 bits per heavy atom. The van der Waals surface area contributed by atoms with Crippen LogP contribution in [0.4, 0.5) is 5.69 Å². The van der Waals surface area contributed by atoms with E-state index in [0.717, 1.165) is 62.9 Å². The highest BCUT2D eigenvalue weighted by molar-refractivity contribution is 5.97. The standard InChI is InChI=1S/C30H28N8O/c39-30(18-6-2-1-3-7-18)34-22-12-20(15-32-17-22)21-13-24-27(37-38-28(24)33-16-21)29-35-25-10-4-9-23(26(25)36-29)19-8-5-11-31-14-19/h4-5,8-18,30,34,39H,1-3,6-7H2,(H,35,36)(H,33,37,38). The summed E-state index contributed by atoms with van der Waals surface area (Å²) in [5, 5.41) is 22.4. The Kier molecular flexibility index (Phi) is 5.97. The topological polar surface area (TPSA) is 128 Å². The Labute approximate surface area is 224 Å². The summed E-state index contributed by atoms with van der Waals surface area (Å²) in [6.45, 7) is 0. The molecule has 6 aromatic rings. The fraction of sp³-hybridized carbons (Fsp3) is 0.233. The van der Waals surface area contributed by atoms with E-state index in [1.165, 1.54) is 19.3 Å². The third-order valence-electron chi connectivity index (χ3n) is 7.61. The Morgan fingerprint density at radius 2 is 1.77 bits per heavy atom. The first-order valence-electron chi connectivity index (χ1n) is 13.4. The number of pyridine rings is 3. The maximum Gasteiger partial charge on any atom is 0.181 e. The Morgan fingerprint density at radius 3 is 2.64 bits per heavy atom. The quantitative estimate of drug-likeness (QED) is 0.202. The van der Waals surface area contributed by atoms with Crippen LogP contribution in [0.1, 0.15) is 32.1 Å². The molecule has 0 saturated heterocycles. The molecule has 0 aliphatic heterocycles. The molecular formula is C30H28N8O. The van der Waals surface area contributed by atoms with Crippen molar-refractivity contribution in [3.05, 3.63) is 73.4 Å². The van der Waals surface area contributed by atoms with E-state index in [-0.39, 0.29) is 5.92 Å². The molecular weight excluding hydrogens is 488 g/mol. The van der Waals surface area contributed by atoms with Gasteiger partial charge >= 0.3 is 0 Å². The van der Waals surface area contributed by atoms with E-state index in [0.29, 0.717) is 11.5 Å². The van der Waals surface area contributed by atoms with Gasteiger partial charge in [-0.25, -0.2) is 9.97 Å². The van der Waals surface area contributed by atoms with Gasteiger partial charge in [0, 0.05) is 53.0 Å². The summed E-state index contributed by atoms with van der Waals surface area (Å²) in [6.07, 6.45) is 14.1. The zero-order valence-electron chi connectivity index (χ0n) is 21.3.